The lowest BCUT2D eigenvalue weighted by molar-refractivity contribution is 0.486. The number of guanidine groups is 1. The van der Waals surface area contributed by atoms with Crippen molar-refractivity contribution in [2.24, 2.45) is 12.0 Å². The van der Waals surface area contributed by atoms with Gasteiger partial charge in [-0.1, -0.05) is 29.3 Å². The zero-order chi connectivity index (χ0) is 17.8. The van der Waals surface area contributed by atoms with Crippen molar-refractivity contribution < 1.29 is 0 Å². The molecule has 0 saturated carbocycles. The third kappa shape index (κ3) is 4.47. The molecule has 0 bridgehead atoms. The van der Waals surface area contributed by atoms with Crippen LogP contribution in [0.5, 0.6) is 0 Å². The normalized spacial score (nSPS) is 18.0. The molecule has 134 valence electrons. The average molecular weight is 380 g/mol. The van der Waals surface area contributed by atoms with Crippen molar-refractivity contribution in [3.63, 3.8) is 0 Å². The van der Waals surface area contributed by atoms with Gasteiger partial charge in [-0.05, 0) is 36.6 Å². The highest BCUT2D eigenvalue weighted by molar-refractivity contribution is 6.35. The average Bonchev–Trinajstić information content (AvgIpc) is 3.21. The summed E-state index contributed by atoms with van der Waals surface area (Å²) in [5.74, 6) is 1.43. The molecule has 1 aromatic carbocycles. The number of aliphatic imine (C=N–C) groups is 1. The van der Waals surface area contributed by atoms with Crippen LogP contribution in [0.1, 0.15) is 30.4 Å². The van der Waals surface area contributed by atoms with E-state index in [0.717, 1.165) is 37.6 Å². The van der Waals surface area contributed by atoms with Crippen LogP contribution in [0.15, 0.2) is 35.6 Å². The molecule has 1 fully saturated rings. The fraction of sp³-hybridized carbons (Fsp3) is 0.444. The minimum absolute atomic E-state index is 0.497. The van der Waals surface area contributed by atoms with Gasteiger partial charge in [-0.2, -0.15) is 5.10 Å². The molecule has 5 nitrogen and oxygen atoms in total. The van der Waals surface area contributed by atoms with Crippen molar-refractivity contribution >= 4 is 29.2 Å². The smallest absolute Gasteiger partial charge is 0.194 e. The van der Waals surface area contributed by atoms with Crippen LogP contribution < -0.4 is 5.32 Å². The number of aryl methyl sites for hydroxylation is 1. The van der Waals surface area contributed by atoms with Gasteiger partial charge in [-0.25, -0.2) is 4.99 Å². The molecule has 7 heteroatoms. The Morgan fingerprint density at radius 3 is 2.92 bits per heavy atom. The van der Waals surface area contributed by atoms with Crippen LogP contribution in [0.4, 0.5) is 0 Å². The summed E-state index contributed by atoms with van der Waals surface area (Å²) in [7, 11) is 1.96. The van der Waals surface area contributed by atoms with E-state index in [0.29, 0.717) is 22.5 Å². The van der Waals surface area contributed by atoms with Gasteiger partial charge in [0.1, 0.15) is 0 Å². The van der Waals surface area contributed by atoms with Gasteiger partial charge in [0.25, 0.3) is 0 Å². The van der Waals surface area contributed by atoms with Crippen molar-refractivity contribution in [3.8, 4) is 0 Å². The summed E-state index contributed by atoms with van der Waals surface area (Å²) in [5, 5.41) is 8.97. The van der Waals surface area contributed by atoms with Gasteiger partial charge in [0.2, 0.25) is 0 Å². The number of hydrogen-bond donors (Lipinski definition) is 1. The molecule has 3 rings (SSSR count). The van der Waals surface area contributed by atoms with Gasteiger partial charge in [-0.3, -0.25) is 4.68 Å². The minimum Gasteiger partial charge on any atom is -0.357 e. The highest BCUT2D eigenvalue weighted by Crippen LogP contribution is 2.27. The molecule has 0 radical (unpaired) electrons. The summed E-state index contributed by atoms with van der Waals surface area (Å²) in [6.07, 6.45) is 5.18. The topological polar surface area (TPSA) is 45.5 Å². The van der Waals surface area contributed by atoms with Crippen LogP contribution in [0.3, 0.4) is 0 Å². The van der Waals surface area contributed by atoms with Crippen LogP contribution in [0.2, 0.25) is 10.0 Å². The lowest BCUT2D eigenvalue weighted by Crippen LogP contribution is -2.40. The van der Waals surface area contributed by atoms with Crippen molar-refractivity contribution in [1.82, 2.24) is 20.0 Å². The Kier molecular flexibility index (Phi) is 5.86. The molecule has 1 saturated heterocycles. The second kappa shape index (κ2) is 8.11. The van der Waals surface area contributed by atoms with Crippen molar-refractivity contribution in [2.75, 3.05) is 19.6 Å². The van der Waals surface area contributed by atoms with Crippen molar-refractivity contribution in [2.45, 2.75) is 25.8 Å². The lowest BCUT2D eigenvalue weighted by atomic mass is 10.0. The van der Waals surface area contributed by atoms with E-state index in [4.69, 9.17) is 28.2 Å². The van der Waals surface area contributed by atoms with E-state index in [-0.39, 0.29) is 0 Å². The molecular formula is C18H23Cl2N5. The van der Waals surface area contributed by atoms with Crippen LogP contribution in [0.25, 0.3) is 0 Å². The summed E-state index contributed by atoms with van der Waals surface area (Å²) in [5.41, 5.74) is 2.27. The number of rotatable bonds is 4. The largest absolute Gasteiger partial charge is 0.357 e. The molecule has 0 aliphatic carbocycles. The molecule has 25 heavy (non-hydrogen) atoms. The number of aromatic nitrogens is 2. The fourth-order valence-corrected chi connectivity index (χ4v) is 3.58. The standard InChI is InChI=1S/C18H23Cl2N5/c1-3-21-18(22-9-13-4-5-16(19)8-17(13)20)25-7-6-14(12-25)15-10-23-24(2)11-15/h4-5,8,10-11,14H,3,6-7,9,12H2,1-2H3,(H,21,22). The van der Waals surface area contributed by atoms with E-state index in [1.807, 2.05) is 30.1 Å². The van der Waals surface area contributed by atoms with Crippen molar-refractivity contribution in [1.29, 1.82) is 0 Å². The second-order valence-corrected chi connectivity index (χ2v) is 7.13. The van der Waals surface area contributed by atoms with Crippen LogP contribution in [-0.4, -0.2) is 40.3 Å². The van der Waals surface area contributed by atoms with Gasteiger partial charge >= 0.3 is 0 Å². The lowest BCUT2D eigenvalue weighted by Gasteiger charge is -2.21. The zero-order valence-corrected chi connectivity index (χ0v) is 16.1. The zero-order valence-electron chi connectivity index (χ0n) is 14.5. The van der Waals surface area contributed by atoms with E-state index in [1.165, 1.54) is 5.56 Å². The molecule has 1 atom stereocenters. The number of nitrogens with zero attached hydrogens (tertiary/aromatic N) is 4. The summed E-state index contributed by atoms with van der Waals surface area (Å²) < 4.78 is 1.86. The Hall–Kier alpha value is -1.72. The van der Waals surface area contributed by atoms with Crippen LogP contribution >= 0.6 is 23.2 Å². The quantitative estimate of drug-likeness (QED) is 0.650. The first-order valence-electron chi connectivity index (χ1n) is 8.52. The molecule has 0 amide bonds. The molecule has 1 aliphatic heterocycles. The Bertz CT molecular complexity index is 756. The summed E-state index contributed by atoms with van der Waals surface area (Å²) >= 11 is 12.2. The molecule has 1 N–H and O–H groups in total. The van der Waals surface area contributed by atoms with E-state index >= 15 is 0 Å². The molecule has 2 aromatic rings. The number of likely N-dealkylation sites (tertiary alicyclic amines) is 1. The third-order valence-electron chi connectivity index (χ3n) is 4.43. The molecule has 0 spiro atoms. The first-order valence-corrected chi connectivity index (χ1v) is 9.28. The van der Waals surface area contributed by atoms with E-state index in [1.54, 1.807) is 6.07 Å². The maximum Gasteiger partial charge on any atom is 0.194 e. The first kappa shape index (κ1) is 18.1. The second-order valence-electron chi connectivity index (χ2n) is 6.28. The summed E-state index contributed by atoms with van der Waals surface area (Å²) in [6, 6.07) is 5.54. The van der Waals surface area contributed by atoms with Gasteiger partial charge in [-0.15, -0.1) is 0 Å². The highest BCUT2D eigenvalue weighted by Gasteiger charge is 2.26. The third-order valence-corrected chi connectivity index (χ3v) is 5.02. The van der Waals surface area contributed by atoms with E-state index in [2.05, 4.69) is 28.4 Å². The first-order chi connectivity index (χ1) is 12.1. The predicted molar refractivity (Wildman–Crippen MR) is 103 cm³/mol. The monoisotopic (exact) mass is 379 g/mol. The fourth-order valence-electron chi connectivity index (χ4n) is 3.11. The Morgan fingerprint density at radius 1 is 1.40 bits per heavy atom. The maximum absolute atomic E-state index is 6.26. The number of benzene rings is 1. The number of nitrogens with one attached hydrogen (secondary N) is 1. The van der Waals surface area contributed by atoms with Crippen LogP contribution in [0, 0.1) is 0 Å². The van der Waals surface area contributed by atoms with Crippen LogP contribution in [-0.2, 0) is 13.6 Å². The van der Waals surface area contributed by atoms with Gasteiger partial charge < -0.3 is 10.2 Å². The van der Waals surface area contributed by atoms with E-state index in [9.17, 15) is 0 Å². The van der Waals surface area contributed by atoms with Gasteiger partial charge in [0.05, 0.1) is 12.7 Å². The summed E-state index contributed by atoms with van der Waals surface area (Å²) in [4.78, 5) is 7.08. The Morgan fingerprint density at radius 2 is 2.24 bits per heavy atom. The SMILES string of the molecule is CCNC(=NCc1ccc(Cl)cc1Cl)N1CCC(c2cnn(C)c2)C1. The molecule has 1 unspecified atom stereocenters. The Balaban J connectivity index is 1.70. The van der Waals surface area contributed by atoms with Gasteiger partial charge in [0, 0.05) is 48.8 Å². The maximum atomic E-state index is 6.26. The van der Waals surface area contributed by atoms with Crippen molar-refractivity contribution in [3.05, 3.63) is 51.8 Å². The summed E-state index contributed by atoms with van der Waals surface area (Å²) in [6.45, 7) is 5.39. The molecular weight excluding hydrogens is 357 g/mol. The predicted octanol–water partition coefficient (Wildman–Crippen LogP) is 3.68. The Labute approximate surface area is 158 Å². The molecule has 2 heterocycles. The van der Waals surface area contributed by atoms with Gasteiger partial charge in [0.15, 0.2) is 5.96 Å². The van der Waals surface area contributed by atoms with E-state index < -0.39 is 0 Å². The number of halogens is 2. The molecule has 1 aliphatic rings. The minimum atomic E-state index is 0.497. The highest BCUT2D eigenvalue weighted by atomic mass is 35.5. The molecule has 1 aromatic heterocycles. The number of hydrogen-bond acceptors (Lipinski definition) is 2.